The molecule has 178 valence electrons. The topological polar surface area (TPSA) is 77.5 Å². The van der Waals surface area contributed by atoms with E-state index in [-0.39, 0.29) is 18.2 Å². The van der Waals surface area contributed by atoms with Gasteiger partial charge in [-0.2, -0.15) is 0 Å². The number of benzene rings is 2. The molecule has 0 fully saturated rings. The number of methoxy groups -OCH3 is 2. The predicted molar refractivity (Wildman–Crippen MR) is 141 cm³/mol. The Bertz CT molecular complexity index is 1440. The zero-order chi connectivity index (χ0) is 24.9. The number of fused-ring (bicyclic) bond motifs is 1. The zero-order valence-electron chi connectivity index (χ0n) is 20.0. The Morgan fingerprint density at radius 2 is 1.86 bits per heavy atom. The van der Waals surface area contributed by atoms with Crippen molar-refractivity contribution >= 4 is 39.2 Å². The molecule has 0 spiro atoms. The molecule has 0 aliphatic rings. The van der Waals surface area contributed by atoms with Gasteiger partial charge in [-0.15, -0.1) is 11.3 Å². The SMILES string of the molecule is C/C=C\c1cc(C(=O)CNC(=O)c2ccc(OC)c(OC)c2)nc(-c2csc3c(C)cccc23)c1. The van der Waals surface area contributed by atoms with E-state index in [9.17, 15) is 9.59 Å². The van der Waals surface area contributed by atoms with Crippen molar-refractivity contribution in [3.8, 4) is 22.8 Å². The molecule has 2 aromatic carbocycles. The molecule has 0 bridgehead atoms. The number of amides is 1. The molecule has 0 saturated heterocycles. The lowest BCUT2D eigenvalue weighted by Gasteiger charge is -2.10. The van der Waals surface area contributed by atoms with E-state index in [1.54, 1.807) is 35.6 Å². The number of nitrogens with one attached hydrogen (secondary N) is 1. The first-order valence-electron chi connectivity index (χ1n) is 11.1. The van der Waals surface area contributed by atoms with E-state index >= 15 is 0 Å². The molecule has 35 heavy (non-hydrogen) atoms. The molecule has 7 heteroatoms. The van der Waals surface area contributed by atoms with Gasteiger partial charge < -0.3 is 14.8 Å². The summed E-state index contributed by atoms with van der Waals surface area (Å²) in [6.07, 6.45) is 3.85. The number of thiophene rings is 1. The van der Waals surface area contributed by atoms with Gasteiger partial charge in [0.1, 0.15) is 5.69 Å². The molecular formula is C28H26N2O4S. The third-order valence-electron chi connectivity index (χ3n) is 5.62. The maximum Gasteiger partial charge on any atom is 0.251 e. The fourth-order valence-corrected chi connectivity index (χ4v) is 4.89. The molecular weight excluding hydrogens is 460 g/mol. The Labute approximate surface area is 208 Å². The highest BCUT2D eigenvalue weighted by Gasteiger charge is 2.16. The number of hydrogen-bond acceptors (Lipinski definition) is 6. The van der Waals surface area contributed by atoms with Crippen LogP contribution in [0.3, 0.4) is 0 Å². The first kappa shape index (κ1) is 24.2. The second-order valence-electron chi connectivity index (χ2n) is 7.95. The summed E-state index contributed by atoms with van der Waals surface area (Å²) in [6.45, 7) is 3.83. The maximum atomic E-state index is 13.1. The lowest BCUT2D eigenvalue weighted by atomic mass is 10.0. The van der Waals surface area contributed by atoms with Gasteiger partial charge in [0.15, 0.2) is 17.3 Å². The molecule has 4 aromatic rings. The molecule has 0 aliphatic carbocycles. The summed E-state index contributed by atoms with van der Waals surface area (Å²) in [6, 6.07) is 14.7. The largest absolute Gasteiger partial charge is 0.493 e. The van der Waals surface area contributed by atoms with Crippen LogP contribution in [0.5, 0.6) is 11.5 Å². The summed E-state index contributed by atoms with van der Waals surface area (Å²) in [5.41, 5.74) is 4.47. The molecule has 4 rings (SSSR count). The molecule has 6 nitrogen and oxygen atoms in total. The number of Topliss-reactive ketones (excluding diaryl/α,β-unsaturated/α-hetero) is 1. The van der Waals surface area contributed by atoms with Crippen molar-refractivity contribution in [3.05, 3.63) is 82.4 Å². The van der Waals surface area contributed by atoms with Crippen LogP contribution in [0.2, 0.25) is 0 Å². The molecule has 0 saturated carbocycles. The number of hydrogen-bond donors (Lipinski definition) is 1. The summed E-state index contributed by atoms with van der Waals surface area (Å²) in [7, 11) is 3.03. The normalized spacial score (nSPS) is 11.1. The summed E-state index contributed by atoms with van der Waals surface area (Å²) in [5.74, 6) is 0.300. The predicted octanol–water partition coefficient (Wildman–Crippen LogP) is 5.93. The van der Waals surface area contributed by atoms with Crippen LogP contribution in [-0.2, 0) is 0 Å². The summed E-state index contributed by atoms with van der Waals surface area (Å²) in [5, 5.41) is 5.88. The van der Waals surface area contributed by atoms with Gasteiger partial charge in [0.25, 0.3) is 5.91 Å². The van der Waals surface area contributed by atoms with Crippen molar-refractivity contribution in [2.24, 2.45) is 0 Å². The molecule has 0 radical (unpaired) electrons. The number of rotatable bonds is 8. The van der Waals surface area contributed by atoms with E-state index < -0.39 is 0 Å². The second kappa shape index (κ2) is 10.5. The van der Waals surface area contributed by atoms with Gasteiger partial charge in [-0.05, 0) is 55.3 Å². The number of allylic oxidation sites excluding steroid dienone is 1. The van der Waals surface area contributed by atoms with Gasteiger partial charge in [-0.25, -0.2) is 4.98 Å². The highest BCUT2D eigenvalue weighted by Crippen LogP contribution is 2.35. The minimum atomic E-state index is -0.386. The van der Waals surface area contributed by atoms with Crippen molar-refractivity contribution in [3.63, 3.8) is 0 Å². The van der Waals surface area contributed by atoms with E-state index in [2.05, 4.69) is 34.7 Å². The smallest absolute Gasteiger partial charge is 0.251 e. The second-order valence-corrected chi connectivity index (χ2v) is 8.83. The van der Waals surface area contributed by atoms with Crippen LogP contribution in [-0.4, -0.2) is 37.4 Å². The third-order valence-corrected chi connectivity index (χ3v) is 6.75. The summed E-state index contributed by atoms with van der Waals surface area (Å²) < 4.78 is 11.7. The minimum Gasteiger partial charge on any atom is -0.493 e. The van der Waals surface area contributed by atoms with Gasteiger partial charge in [0, 0.05) is 26.6 Å². The van der Waals surface area contributed by atoms with Gasteiger partial charge in [0.05, 0.1) is 26.5 Å². The Morgan fingerprint density at radius 1 is 1.06 bits per heavy atom. The van der Waals surface area contributed by atoms with Crippen LogP contribution in [0.25, 0.3) is 27.4 Å². The highest BCUT2D eigenvalue weighted by molar-refractivity contribution is 7.18. The number of aryl methyl sites for hydroxylation is 1. The zero-order valence-corrected chi connectivity index (χ0v) is 20.9. The van der Waals surface area contributed by atoms with Gasteiger partial charge in [0.2, 0.25) is 0 Å². The van der Waals surface area contributed by atoms with Crippen molar-refractivity contribution in [1.82, 2.24) is 10.3 Å². The van der Waals surface area contributed by atoms with Crippen molar-refractivity contribution in [2.45, 2.75) is 13.8 Å². The molecule has 0 atom stereocenters. The molecule has 2 heterocycles. The van der Waals surface area contributed by atoms with Crippen LogP contribution < -0.4 is 14.8 Å². The number of aromatic nitrogens is 1. The lowest BCUT2D eigenvalue weighted by Crippen LogP contribution is -2.30. The summed E-state index contributed by atoms with van der Waals surface area (Å²) >= 11 is 1.67. The number of nitrogens with zero attached hydrogens (tertiary/aromatic N) is 1. The number of carbonyl (C=O) groups excluding carboxylic acids is 2. The molecule has 1 N–H and O–H groups in total. The maximum absolute atomic E-state index is 13.1. The average Bonchev–Trinajstić information content (AvgIpc) is 3.32. The number of ether oxygens (including phenoxy) is 2. The first-order valence-corrected chi connectivity index (χ1v) is 12.0. The van der Waals surface area contributed by atoms with Crippen LogP contribution >= 0.6 is 11.3 Å². The van der Waals surface area contributed by atoms with Crippen molar-refractivity contribution in [1.29, 1.82) is 0 Å². The molecule has 1 amide bonds. The monoisotopic (exact) mass is 486 g/mol. The Hall–Kier alpha value is -3.97. The Kier molecular flexibility index (Phi) is 7.27. The van der Waals surface area contributed by atoms with Crippen molar-refractivity contribution in [2.75, 3.05) is 20.8 Å². The lowest BCUT2D eigenvalue weighted by molar-refractivity contribution is 0.0902. The number of ketones is 1. The van der Waals surface area contributed by atoms with Crippen LogP contribution in [0.4, 0.5) is 0 Å². The fourth-order valence-electron chi connectivity index (χ4n) is 3.85. The van der Waals surface area contributed by atoms with Gasteiger partial charge in [-0.3, -0.25) is 9.59 Å². The number of carbonyl (C=O) groups is 2. The van der Waals surface area contributed by atoms with Gasteiger partial charge >= 0.3 is 0 Å². The van der Waals surface area contributed by atoms with Crippen LogP contribution in [0, 0.1) is 6.92 Å². The molecule has 0 unspecified atom stereocenters. The van der Waals surface area contributed by atoms with Crippen molar-refractivity contribution < 1.29 is 19.1 Å². The third kappa shape index (κ3) is 5.10. The van der Waals surface area contributed by atoms with E-state index in [0.717, 1.165) is 22.2 Å². The Morgan fingerprint density at radius 3 is 2.60 bits per heavy atom. The fraction of sp³-hybridized carbons (Fsp3) is 0.179. The Balaban J connectivity index is 1.59. The van der Waals surface area contributed by atoms with Crippen LogP contribution in [0.1, 0.15) is 38.9 Å². The average molecular weight is 487 g/mol. The van der Waals surface area contributed by atoms with Crippen LogP contribution in [0.15, 0.2) is 60.0 Å². The van der Waals surface area contributed by atoms with Gasteiger partial charge in [-0.1, -0.05) is 30.4 Å². The minimum absolute atomic E-state index is 0.178. The number of pyridine rings is 1. The summed E-state index contributed by atoms with van der Waals surface area (Å²) in [4.78, 5) is 30.4. The highest BCUT2D eigenvalue weighted by atomic mass is 32.1. The van der Waals surface area contributed by atoms with E-state index in [1.165, 1.54) is 24.5 Å². The van der Waals surface area contributed by atoms with E-state index in [0.29, 0.717) is 22.8 Å². The quantitative estimate of drug-likeness (QED) is 0.312. The van der Waals surface area contributed by atoms with E-state index in [4.69, 9.17) is 9.47 Å². The molecule has 2 aromatic heterocycles. The van der Waals surface area contributed by atoms with E-state index in [1.807, 2.05) is 31.2 Å². The molecule has 0 aliphatic heterocycles. The standard InChI is InChI=1S/C28H26N2O4S/c1-5-7-18-12-22(21-16-35-27-17(2)8-6-9-20(21)27)30-23(13-18)24(31)15-29-28(32)19-10-11-25(33-3)26(14-19)34-4/h5-14,16H,15H2,1-4H3,(H,29,32)/b7-5-. The first-order chi connectivity index (χ1) is 16.9.